The predicted octanol–water partition coefficient (Wildman–Crippen LogP) is 3.04. The topological polar surface area (TPSA) is 54.4 Å². The SMILES string of the molecule is O=C(O)/C(=C/c1ccccc1)C(=O)c1ccccc1. The fourth-order valence-electron chi connectivity index (χ4n) is 1.69. The Morgan fingerprint density at radius 2 is 1.37 bits per heavy atom. The van der Waals surface area contributed by atoms with Crippen LogP contribution in [0.15, 0.2) is 66.2 Å². The normalized spacial score (nSPS) is 11.1. The maximum atomic E-state index is 12.1. The molecule has 0 amide bonds. The standard InChI is InChI=1S/C16H12O3/c17-15(13-9-5-2-6-10-13)14(16(18)19)11-12-7-3-1-4-8-12/h1-11H,(H,18,19)/b14-11+. The highest BCUT2D eigenvalue weighted by molar-refractivity contribution is 6.26. The number of aliphatic carboxylic acids is 1. The average Bonchev–Trinajstić information content (AvgIpc) is 2.46. The van der Waals surface area contributed by atoms with E-state index in [1.807, 2.05) is 6.07 Å². The molecule has 0 aliphatic rings. The molecule has 1 N–H and O–H groups in total. The van der Waals surface area contributed by atoms with Crippen molar-refractivity contribution in [2.24, 2.45) is 0 Å². The molecule has 0 radical (unpaired) electrons. The summed E-state index contributed by atoms with van der Waals surface area (Å²) in [6, 6.07) is 17.3. The summed E-state index contributed by atoms with van der Waals surface area (Å²) in [5, 5.41) is 9.18. The van der Waals surface area contributed by atoms with Gasteiger partial charge in [-0.3, -0.25) is 4.79 Å². The third kappa shape index (κ3) is 3.16. The summed E-state index contributed by atoms with van der Waals surface area (Å²) in [6.07, 6.45) is 1.39. The van der Waals surface area contributed by atoms with Gasteiger partial charge in [0.1, 0.15) is 5.57 Å². The second kappa shape index (κ2) is 5.78. The Morgan fingerprint density at radius 1 is 0.842 bits per heavy atom. The molecule has 0 unspecified atom stereocenters. The van der Waals surface area contributed by atoms with Crippen molar-refractivity contribution in [2.75, 3.05) is 0 Å². The van der Waals surface area contributed by atoms with Gasteiger partial charge in [0.05, 0.1) is 0 Å². The van der Waals surface area contributed by atoms with Crippen LogP contribution in [0.3, 0.4) is 0 Å². The van der Waals surface area contributed by atoms with Gasteiger partial charge in [0.25, 0.3) is 0 Å². The monoisotopic (exact) mass is 252 g/mol. The van der Waals surface area contributed by atoms with Crippen molar-refractivity contribution in [1.29, 1.82) is 0 Å². The Hall–Kier alpha value is -2.68. The first-order valence-electron chi connectivity index (χ1n) is 5.78. The summed E-state index contributed by atoms with van der Waals surface area (Å²) >= 11 is 0. The number of carbonyl (C=O) groups is 2. The molecule has 19 heavy (non-hydrogen) atoms. The molecule has 0 atom stereocenters. The number of hydrogen-bond acceptors (Lipinski definition) is 2. The smallest absolute Gasteiger partial charge is 0.339 e. The van der Waals surface area contributed by atoms with Gasteiger partial charge in [0, 0.05) is 5.56 Å². The summed E-state index contributed by atoms with van der Waals surface area (Å²) < 4.78 is 0. The van der Waals surface area contributed by atoms with Crippen molar-refractivity contribution in [3.8, 4) is 0 Å². The molecule has 0 heterocycles. The third-order valence-corrected chi connectivity index (χ3v) is 2.62. The molecule has 94 valence electrons. The molecule has 2 aromatic rings. The van der Waals surface area contributed by atoms with E-state index in [0.717, 1.165) is 0 Å². The maximum Gasteiger partial charge on any atom is 0.339 e. The number of Topliss-reactive ketones (excluding diaryl/α,β-unsaturated/α-hetero) is 1. The van der Waals surface area contributed by atoms with Gasteiger partial charge < -0.3 is 5.11 Å². The molecule has 2 rings (SSSR count). The third-order valence-electron chi connectivity index (χ3n) is 2.62. The van der Waals surface area contributed by atoms with E-state index < -0.39 is 11.8 Å². The van der Waals surface area contributed by atoms with Crippen molar-refractivity contribution < 1.29 is 14.7 Å². The van der Waals surface area contributed by atoms with Gasteiger partial charge in [-0.2, -0.15) is 0 Å². The average molecular weight is 252 g/mol. The van der Waals surface area contributed by atoms with E-state index in [9.17, 15) is 14.7 Å². The predicted molar refractivity (Wildman–Crippen MR) is 72.8 cm³/mol. The Balaban J connectivity index is 2.40. The molecular formula is C16H12O3. The molecule has 0 aromatic heterocycles. The molecule has 0 saturated heterocycles. The molecule has 0 spiro atoms. The lowest BCUT2D eigenvalue weighted by Gasteiger charge is -2.02. The first kappa shape index (κ1) is 12.8. The molecule has 0 saturated carbocycles. The zero-order valence-electron chi connectivity index (χ0n) is 10.1. The minimum Gasteiger partial charge on any atom is -0.478 e. The number of carboxylic acid groups (broad SMARTS) is 1. The van der Waals surface area contributed by atoms with E-state index in [0.29, 0.717) is 11.1 Å². The van der Waals surface area contributed by atoms with Crippen molar-refractivity contribution in [3.63, 3.8) is 0 Å². The van der Waals surface area contributed by atoms with Gasteiger partial charge in [0.15, 0.2) is 5.78 Å². The minimum absolute atomic E-state index is 0.239. The lowest BCUT2D eigenvalue weighted by Crippen LogP contribution is -2.12. The highest BCUT2D eigenvalue weighted by Crippen LogP contribution is 2.13. The number of rotatable bonds is 4. The lowest BCUT2D eigenvalue weighted by atomic mass is 10.0. The van der Waals surface area contributed by atoms with Crippen molar-refractivity contribution >= 4 is 17.8 Å². The molecule has 0 aliphatic heterocycles. The van der Waals surface area contributed by atoms with Crippen LogP contribution in [0.4, 0.5) is 0 Å². The van der Waals surface area contributed by atoms with Crippen LogP contribution in [0.1, 0.15) is 15.9 Å². The first-order valence-corrected chi connectivity index (χ1v) is 5.78. The summed E-state index contributed by atoms with van der Waals surface area (Å²) in [5.74, 6) is -1.71. The van der Waals surface area contributed by atoms with E-state index in [1.165, 1.54) is 6.08 Å². The van der Waals surface area contributed by atoms with Gasteiger partial charge in [-0.15, -0.1) is 0 Å². The van der Waals surface area contributed by atoms with Gasteiger partial charge in [-0.1, -0.05) is 60.7 Å². The summed E-state index contributed by atoms with van der Waals surface area (Å²) in [6.45, 7) is 0. The van der Waals surface area contributed by atoms with Crippen molar-refractivity contribution in [2.45, 2.75) is 0 Å². The highest BCUT2D eigenvalue weighted by atomic mass is 16.4. The number of hydrogen-bond donors (Lipinski definition) is 1. The van der Waals surface area contributed by atoms with E-state index in [2.05, 4.69) is 0 Å². The first-order chi connectivity index (χ1) is 9.18. The van der Waals surface area contributed by atoms with Crippen LogP contribution in [-0.4, -0.2) is 16.9 Å². The quantitative estimate of drug-likeness (QED) is 0.394. The molecule has 3 nitrogen and oxygen atoms in total. The number of carboxylic acids is 1. The van der Waals surface area contributed by atoms with Crippen LogP contribution in [-0.2, 0) is 4.79 Å². The molecule has 0 aliphatic carbocycles. The van der Waals surface area contributed by atoms with Crippen LogP contribution < -0.4 is 0 Å². The van der Waals surface area contributed by atoms with Gasteiger partial charge >= 0.3 is 5.97 Å². The highest BCUT2D eigenvalue weighted by Gasteiger charge is 2.18. The second-order valence-corrected chi connectivity index (χ2v) is 3.97. The Morgan fingerprint density at radius 3 is 1.89 bits per heavy atom. The maximum absolute atomic E-state index is 12.1. The zero-order chi connectivity index (χ0) is 13.7. The fourth-order valence-corrected chi connectivity index (χ4v) is 1.69. The Bertz CT molecular complexity index is 613. The van der Waals surface area contributed by atoms with Gasteiger partial charge in [-0.25, -0.2) is 4.79 Å². The largest absolute Gasteiger partial charge is 0.478 e. The van der Waals surface area contributed by atoms with E-state index in [-0.39, 0.29) is 5.57 Å². The number of carbonyl (C=O) groups excluding carboxylic acids is 1. The number of ketones is 1. The van der Waals surface area contributed by atoms with Crippen LogP contribution in [0, 0.1) is 0 Å². The second-order valence-electron chi connectivity index (χ2n) is 3.97. The van der Waals surface area contributed by atoms with Gasteiger partial charge in [-0.05, 0) is 11.6 Å². The van der Waals surface area contributed by atoms with Crippen molar-refractivity contribution in [3.05, 3.63) is 77.4 Å². The van der Waals surface area contributed by atoms with Crippen LogP contribution in [0.25, 0.3) is 6.08 Å². The molecule has 0 fully saturated rings. The van der Waals surface area contributed by atoms with E-state index >= 15 is 0 Å². The minimum atomic E-state index is -1.22. The Labute approximate surface area is 110 Å². The zero-order valence-corrected chi connectivity index (χ0v) is 10.1. The molecular weight excluding hydrogens is 240 g/mol. The van der Waals surface area contributed by atoms with Crippen molar-refractivity contribution in [1.82, 2.24) is 0 Å². The van der Waals surface area contributed by atoms with Gasteiger partial charge in [0.2, 0.25) is 0 Å². The molecule has 3 heteroatoms. The van der Waals surface area contributed by atoms with E-state index in [4.69, 9.17) is 0 Å². The van der Waals surface area contributed by atoms with Crippen LogP contribution in [0.5, 0.6) is 0 Å². The fraction of sp³-hybridized carbons (Fsp3) is 0. The number of benzene rings is 2. The molecule has 2 aromatic carbocycles. The van der Waals surface area contributed by atoms with E-state index in [1.54, 1.807) is 54.6 Å². The Kier molecular flexibility index (Phi) is 3.88. The summed E-state index contributed by atoms with van der Waals surface area (Å²) in [7, 11) is 0. The van der Waals surface area contributed by atoms with Crippen LogP contribution in [0.2, 0.25) is 0 Å². The summed E-state index contributed by atoms with van der Waals surface area (Å²) in [4.78, 5) is 23.4. The lowest BCUT2D eigenvalue weighted by molar-refractivity contribution is -0.132. The van der Waals surface area contributed by atoms with Crippen LogP contribution >= 0.6 is 0 Å². The summed E-state index contributed by atoms with van der Waals surface area (Å²) in [5.41, 5.74) is 0.814. The molecule has 0 bridgehead atoms.